The van der Waals surface area contributed by atoms with Crippen molar-refractivity contribution in [3.8, 4) is 0 Å². The van der Waals surface area contributed by atoms with Gasteiger partial charge in [-0.1, -0.05) is 0 Å². The van der Waals surface area contributed by atoms with Crippen molar-refractivity contribution < 1.29 is 9.18 Å². The van der Waals surface area contributed by atoms with Crippen LogP contribution in [0, 0.1) is 17.7 Å². The van der Waals surface area contributed by atoms with Crippen molar-refractivity contribution in [3.05, 3.63) is 29.8 Å². The molecule has 1 aromatic heterocycles. The third kappa shape index (κ3) is 2.74. The zero-order valence-corrected chi connectivity index (χ0v) is 12.7. The van der Waals surface area contributed by atoms with Crippen molar-refractivity contribution in [3.63, 3.8) is 0 Å². The first-order valence-corrected chi connectivity index (χ1v) is 8.33. The smallest absolute Gasteiger partial charge is 0.257 e. The van der Waals surface area contributed by atoms with Crippen LogP contribution >= 0.6 is 0 Å². The Hall–Kier alpha value is -1.49. The van der Waals surface area contributed by atoms with E-state index in [-0.39, 0.29) is 11.5 Å². The standard InChI is InChI=1S/C17H22FN3O/c18-16-7-19-6-5-15(16)17(22)21-10-13-3-4-14(11-21)20(9-13)8-12-1-2-12/h5-7,12-14H,1-4,8-11H2/t13-,14-/m1/s1. The molecule has 0 unspecified atom stereocenters. The van der Waals surface area contributed by atoms with Gasteiger partial charge in [0.05, 0.1) is 11.8 Å². The van der Waals surface area contributed by atoms with E-state index in [4.69, 9.17) is 0 Å². The van der Waals surface area contributed by atoms with Gasteiger partial charge in [-0.3, -0.25) is 14.7 Å². The summed E-state index contributed by atoms with van der Waals surface area (Å²) in [6.45, 7) is 3.79. The Morgan fingerprint density at radius 1 is 1.23 bits per heavy atom. The first kappa shape index (κ1) is 14.1. The second kappa shape index (κ2) is 5.61. The van der Waals surface area contributed by atoms with E-state index in [1.165, 1.54) is 44.5 Å². The molecule has 5 heteroatoms. The molecule has 0 radical (unpaired) electrons. The van der Waals surface area contributed by atoms with E-state index < -0.39 is 5.82 Å². The average molecular weight is 303 g/mol. The molecule has 0 aromatic carbocycles. The second-order valence-corrected chi connectivity index (χ2v) is 7.06. The highest BCUT2D eigenvalue weighted by Gasteiger charge is 2.38. The minimum Gasteiger partial charge on any atom is -0.337 e. The van der Waals surface area contributed by atoms with Gasteiger partial charge < -0.3 is 4.90 Å². The van der Waals surface area contributed by atoms with Crippen LogP contribution in [0.5, 0.6) is 0 Å². The summed E-state index contributed by atoms with van der Waals surface area (Å²) in [5.41, 5.74) is 0.157. The lowest BCUT2D eigenvalue weighted by Gasteiger charge is -2.36. The van der Waals surface area contributed by atoms with Crippen LogP contribution in [-0.4, -0.2) is 52.9 Å². The predicted octanol–water partition coefficient (Wildman–Crippen LogP) is 2.17. The molecule has 3 aliphatic heterocycles. The van der Waals surface area contributed by atoms with Crippen LogP contribution in [0.15, 0.2) is 18.5 Å². The van der Waals surface area contributed by atoms with Crippen LogP contribution in [0.1, 0.15) is 36.0 Å². The van der Waals surface area contributed by atoms with Gasteiger partial charge in [0.1, 0.15) is 0 Å². The number of carbonyl (C=O) groups is 1. The van der Waals surface area contributed by atoms with E-state index in [2.05, 4.69) is 9.88 Å². The molecule has 1 amide bonds. The molecule has 118 valence electrons. The number of fused-ring (bicyclic) bond motifs is 4. The number of carbonyl (C=O) groups excluding carboxylic acids is 1. The topological polar surface area (TPSA) is 36.4 Å². The van der Waals surface area contributed by atoms with Gasteiger partial charge in [-0.2, -0.15) is 0 Å². The minimum absolute atomic E-state index is 0.157. The number of rotatable bonds is 3. The van der Waals surface area contributed by atoms with Crippen molar-refractivity contribution in [2.75, 3.05) is 26.2 Å². The van der Waals surface area contributed by atoms with Crippen molar-refractivity contribution in [2.24, 2.45) is 11.8 Å². The van der Waals surface area contributed by atoms with E-state index in [0.717, 1.165) is 31.7 Å². The number of amides is 1. The average Bonchev–Trinajstić information content (AvgIpc) is 3.34. The van der Waals surface area contributed by atoms with E-state index >= 15 is 0 Å². The highest BCUT2D eigenvalue weighted by molar-refractivity contribution is 5.94. The molecule has 22 heavy (non-hydrogen) atoms. The summed E-state index contributed by atoms with van der Waals surface area (Å²) in [4.78, 5) is 20.9. The molecule has 5 rings (SSSR count). The quantitative estimate of drug-likeness (QED) is 0.858. The van der Waals surface area contributed by atoms with Crippen LogP contribution in [-0.2, 0) is 0 Å². The third-order valence-corrected chi connectivity index (χ3v) is 5.31. The maximum atomic E-state index is 13.8. The van der Waals surface area contributed by atoms with Crippen LogP contribution in [0.2, 0.25) is 0 Å². The van der Waals surface area contributed by atoms with E-state index in [9.17, 15) is 9.18 Å². The molecular formula is C17H22FN3O. The van der Waals surface area contributed by atoms with Crippen LogP contribution < -0.4 is 0 Å². The van der Waals surface area contributed by atoms with E-state index in [1.807, 2.05) is 4.90 Å². The van der Waals surface area contributed by atoms with Gasteiger partial charge >= 0.3 is 0 Å². The Kier molecular flexibility index (Phi) is 3.60. The highest BCUT2D eigenvalue weighted by Crippen LogP contribution is 2.35. The zero-order chi connectivity index (χ0) is 15.1. The van der Waals surface area contributed by atoms with Gasteiger partial charge in [-0.25, -0.2) is 4.39 Å². The van der Waals surface area contributed by atoms with E-state index in [1.54, 1.807) is 0 Å². The first-order valence-electron chi connectivity index (χ1n) is 8.33. The molecule has 1 aliphatic carbocycles. The Morgan fingerprint density at radius 2 is 2.09 bits per heavy atom. The maximum absolute atomic E-state index is 13.8. The molecule has 4 heterocycles. The maximum Gasteiger partial charge on any atom is 0.257 e. The van der Waals surface area contributed by atoms with Crippen LogP contribution in [0.3, 0.4) is 0 Å². The van der Waals surface area contributed by atoms with Crippen molar-refractivity contribution in [1.29, 1.82) is 0 Å². The van der Waals surface area contributed by atoms with Crippen molar-refractivity contribution in [2.45, 2.75) is 31.7 Å². The largest absolute Gasteiger partial charge is 0.337 e. The van der Waals surface area contributed by atoms with Gasteiger partial charge in [0.2, 0.25) is 0 Å². The summed E-state index contributed by atoms with van der Waals surface area (Å²) < 4.78 is 13.8. The molecule has 0 spiro atoms. The first-order chi connectivity index (χ1) is 10.7. The zero-order valence-electron chi connectivity index (χ0n) is 12.7. The molecule has 4 aliphatic rings. The summed E-state index contributed by atoms with van der Waals surface area (Å²) in [6, 6.07) is 1.94. The van der Waals surface area contributed by atoms with Gasteiger partial charge in [-0.05, 0) is 43.6 Å². The monoisotopic (exact) mass is 303 g/mol. The number of piperidine rings is 1. The Labute approximate surface area is 130 Å². The molecule has 0 N–H and O–H groups in total. The number of hydrogen-bond acceptors (Lipinski definition) is 3. The Bertz CT molecular complexity index is 575. The third-order valence-electron chi connectivity index (χ3n) is 5.31. The molecule has 4 nitrogen and oxygen atoms in total. The van der Waals surface area contributed by atoms with Gasteiger partial charge in [0, 0.05) is 38.4 Å². The van der Waals surface area contributed by atoms with Crippen LogP contribution in [0.4, 0.5) is 4.39 Å². The van der Waals surface area contributed by atoms with E-state index in [0.29, 0.717) is 12.0 Å². The number of hydrogen-bond donors (Lipinski definition) is 0. The summed E-state index contributed by atoms with van der Waals surface area (Å²) >= 11 is 0. The van der Waals surface area contributed by atoms with Gasteiger partial charge in [0.15, 0.2) is 5.82 Å². The van der Waals surface area contributed by atoms with Crippen molar-refractivity contribution in [1.82, 2.24) is 14.8 Å². The Balaban J connectivity index is 1.51. The summed E-state index contributed by atoms with van der Waals surface area (Å²) in [5, 5.41) is 0. The molecule has 4 fully saturated rings. The van der Waals surface area contributed by atoms with Gasteiger partial charge in [0.25, 0.3) is 5.91 Å². The summed E-state index contributed by atoms with van der Waals surface area (Å²) in [5.74, 6) is 0.719. The molecule has 2 bridgehead atoms. The Morgan fingerprint density at radius 3 is 2.86 bits per heavy atom. The fourth-order valence-electron chi connectivity index (χ4n) is 3.92. The normalized spacial score (nSPS) is 28.7. The number of halogens is 1. The lowest BCUT2D eigenvalue weighted by Crippen LogP contribution is -2.45. The van der Waals surface area contributed by atoms with Crippen LogP contribution in [0.25, 0.3) is 0 Å². The van der Waals surface area contributed by atoms with Crippen molar-refractivity contribution >= 4 is 5.91 Å². The molecule has 1 aromatic rings. The number of nitrogens with zero attached hydrogens (tertiary/aromatic N) is 3. The SMILES string of the molecule is O=C(c1ccncc1F)N1C[C@@H]2CC[C@H](C1)N(CC1CC1)C2. The highest BCUT2D eigenvalue weighted by atomic mass is 19.1. The molecule has 3 saturated heterocycles. The second-order valence-electron chi connectivity index (χ2n) is 7.06. The fourth-order valence-corrected chi connectivity index (χ4v) is 3.92. The minimum atomic E-state index is -0.515. The number of aromatic nitrogens is 1. The molecular weight excluding hydrogens is 281 g/mol. The summed E-state index contributed by atoms with van der Waals surface area (Å²) in [6.07, 6.45) is 7.69. The number of pyridine rings is 1. The lowest BCUT2D eigenvalue weighted by molar-refractivity contribution is 0.0732. The molecule has 2 atom stereocenters. The summed E-state index contributed by atoms with van der Waals surface area (Å²) in [7, 11) is 0. The fraction of sp³-hybridized carbons (Fsp3) is 0.647. The predicted molar refractivity (Wildman–Crippen MR) is 80.9 cm³/mol. The lowest BCUT2D eigenvalue weighted by atomic mass is 9.95. The van der Waals surface area contributed by atoms with Gasteiger partial charge in [-0.15, -0.1) is 0 Å². The molecule has 1 saturated carbocycles.